The molecule has 3 heterocycles. The second kappa shape index (κ2) is 6.32. The molecule has 2 aromatic heterocycles. The van der Waals surface area contributed by atoms with Crippen molar-refractivity contribution in [3.8, 4) is 0 Å². The van der Waals surface area contributed by atoms with Gasteiger partial charge in [-0.2, -0.15) is 0 Å². The predicted molar refractivity (Wildman–Crippen MR) is 84.1 cm³/mol. The molecule has 1 aliphatic rings. The number of pyridine rings is 1. The van der Waals surface area contributed by atoms with E-state index < -0.39 is 0 Å². The lowest BCUT2D eigenvalue weighted by molar-refractivity contribution is 0.229. The molecular formula is C14H14ClN5S. The summed E-state index contributed by atoms with van der Waals surface area (Å²) >= 11 is 7.73. The molecule has 1 unspecified atom stereocenters. The van der Waals surface area contributed by atoms with E-state index in [4.69, 9.17) is 11.6 Å². The van der Waals surface area contributed by atoms with Crippen molar-refractivity contribution in [2.75, 3.05) is 12.4 Å². The fourth-order valence-electron chi connectivity index (χ4n) is 2.16. The van der Waals surface area contributed by atoms with Gasteiger partial charge in [-0.1, -0.05) is 5.22 Å². The van der Waals surface area contributed by atoms with Gasteiger partial charge in [0.2, 0.25) is 0 Å². The third kappa shape index (κ3) is 2.96. The smallest absolute Gasteiger partial charge is 0.0986 e. The number of thiazole rings is 1. The Balaban J connectivity index is 1.78. The quantitative estimate of drug-likeness (QED) is 0.804. The van der Waals surface area contributed by atoms with E-state index in [0.29, 0.717) is 12.4 Å². The van der Waals surface area contributed by atoms with E-state index in [1.807, 2.05) is 35.7 Å². The number of halogens is 1. The highest BCUT2D eigenvalue weighted by Crippen LogP contribution is 2.31. The fourth-order valence-corrected chi connectivity index (χ4v) is 3.47. The molecule has 0 saturated heterocycles. The molecule has 5 nitrogen and oxygen atoms in total. The van der Waals surface area contributed by atoms with Crippen molar-refractivity contribution in [2.45, 2.75) is 13.0 Å². The molecule has 0 aliphatic carbocycles. The molecule has 0 radical (unpaired) electrons. The monoisotopic (exact) mass is 319 g/mol. The normalized spacial score (nSPS) is 15.9. The van der Waals surface area contributed by atoms with E-state index in [-0.39, 0.29) is 6.04 Å². The maximum atomic E-state index is 6.12. The van der Waals surface area contributed by atoms with Crippen LogP contribution in [0.25, 0.3) is 5.70 Å². The van der Waals surface area contributed by atoms with Gasteiger partial charge < -0.3 is 0 Å². The van der Waals surface area contributed by atoms with Crippen molar-refractivity contribution in [3.05, 3.63) is 52.2 Å². The van der Waals surface area contributed by atoms with E-state index in [1.54, 1.807) is 23.7 Å². The molecule has 0 N–H and O–H groups in total. The van der Waals surface area contributed by atoms with Crippen LogP contribution in [0.15, 0.2) is 46.5 Å². The average Bonchev–Trinajstić information content (AvgIpc) is 2.96. The zero-order chi connectivity index (χ0) is 14.7. The zero-order valence-electron chi connectivity index (χ0n) is 11.5. The highest BCUT2D eigenvalue weighted by Gasteiger charge is 2.23. The largest absolute Gasteiger partial charge is 0.265 e. The predicted octanol–water partition coefficient (Wildman–Crippen LogP) is 3.85. The lowest BCUT2D eigenvalue weighted by Crippen LogP contribution is -2.26. The molecule has 1 atom stereocenters. The maximum absolute atomic E-state index is 6.12. The molecule has 0 spiro atoms. The Labute approximate surface area is 132 Å². The summed E-state index contributed by atoms with van der Waals surface area (Å²) in [6.45, 7) is 2.66. The first-order chi connectivity index (χ1) is 10.3. The molecule has 0 aromatic carbocycles. The van der Waals surface area contributed by atoms with Crippen molar-refractivity contribution in [1.82, 2.24) is 15.0 Å². The number of alkyl halides is 1. The fraction of sp³-hybridized carbons (Fsp3) is 0.286. The van der Waals surface area contributed by atoms with Crippen LogP contribution in [0.1, 0.15) is 22.2 Å². The Kier molecular flexibility index (Phi) is 4.26. The van der Waals surface area contributed by atoms with Crippen molar-refractivity contribution in [3.63, 3.8) is 0 Å². The molecular weight excluding hydrogens is 306 g/mol. The number of rotatable bonds is 4. The van der Waals surface area contributed by atoms with Crippen LogP contribution in [0.5, 0.6) is 0 Å². The second-order valence-corrected chi connectivity index (χ2v) is 5.81. The SMILES string of the molecule is Cc1ncsc1C(CCl)N1CC=C(c2cccnc2)N=N1. The lowest BCUT2D eigenvalue weighted by Gasteiger charge is -2.27. The summed E-state index contributed by atoms with van der Waals surface area (Å²) in [5, 5.41) is 10.5. The topological polar surface area (TPSA) is 53.7 Å². The van der Waals surface area contributed by atoms with Crippen molar-refractivity contribution >= 4 is 28.6 Å². The van der Waals surface area contributed by atoms with Gasteiger partial charge in [0.15, 0.2) is 0 Å². The van der Waals surface area contributed by atoms with Crippen LogP contribution < -0.4 is 0 Å². The minimum Gasteiger partial charge on any atom is -0.265 e. The molecule has 7 heteroatoms. The Morgan fingerprint density at radius 3 is 2.95 bits per heavy atom. The van der Waals surface area contributed by atoms with Gasteiger partial charge in [0.1, 0.15) is 0 Å². The summed E-state index contributed by atoms with van der Waals surface area (Å²) in [5.41, 5.74) is 4.65. The van der Waals surface area contributed by atoms with Gasteiger partial charge >= 0.3 is 0 Å². The van der Waals surface area contributed by atoms with Gasteiger partial charge in [-0.15, -0.1) is 28.1 Å². The highest BCUT2D eigenvalue weighted by atomic mass is 35.5. The number of nitrogens with zero attached hydrogens (tertiary/aromatic N) is 5. The van der Waals surface area contributed by atoms with Crippen LogP contribution in [0.2, 0.25) is 0 Å². The summed E-state index contributed by atoms with van der Waals surface area (Å²) in [7, 11) is 0. The van der Waals surface area contributed by atoms with Gasteiger partial charge in [0.25, 0.3) is 0 Å². The molecule has 2 aromatic rings. The number of hydrogen-bond acceptors (Lipinski definition) is 6. The molecule has 21 heavy (non-hydrogen) atoms. The van der Waals surface area contributed by atoms with E-state index in [0.717, 1.165) is 21.8 Å². The standard InChI is InChI=1S/C14H14ClN5S/c1-10-14(21-9-17-10)13(7-15)20-6-4-12(18-19-20)11-3-2-5-16-8-11/h2-5,8-9,13H,6-7H2,1H3. The third-order valence-corrected chi connectivity index (χ3v) is 4.61. The van der Waals surface area contributed by atoms with Crippen molar-refractivity contribution < 1.29 is 0 Å². The summed E-state index contributed by atoms with van der Waals surface area (Å²) < 4.78 is 0. The van der Waals surface area contributed by atoms with Gasteiger partial charge in [0.05, 0.1) is 34.4 Å². The zero-order valence-corrected chi connectivity index (χ0v) is 13.1. The molecule has 0 amide bonds. The first kappa shape index (κ1) is 14.2. The minimum atomic E-state index is 0.00890. The van der Waals surface area contributed by atoms with Gasteiger partial charge in [-0.05, 0) is 25.1 Å². The van der Waals surface area contributed by atoms with E-state index in [9.17, 15) is 0 Å². The molecule has 0 saturated carbocycles. The van der Waals surface area contributed by atoms with Crippen molar-refractivity contribution in [1.29, 1.82) is 0 Å². The molecule has 3 rings (SSSR count). The van der Waals surface area contributed by atoms with E-state index >= 15 is 0 Å². The molecule has 0 fully saturated rings. The van der Waals surface area contributed by atoms with Crippen LogP contribution in [0.3, 0.4) is 0 Å². The summed E-state index contributed by atoms with van der Waals surface area (Å²) in [5.74, 6) is 0.456. The first-order valence-electron chi connectivity index (χ1n) is 6.54. The van der Waals surface area contributed by atoms with E-state index in [2.05, 4.69) is 20.3 Å². The number of aromatic nitrogens is 2. The number of aryl methyl sites for hydroxylation is 1. The Hall–Kier alpha value is -1.79. The Morgan fingerprint density at radius 2 is 2.38 bits per heavy atom. The average molecular weight is 320 g/mol. The van der Waals surface area contributed by atoms with Gasteiger partial charge in [-0.25, -0.2) is 4.98 Å². The van der Waals surface area contributed by atoms with Crippen LogP contribution >= 0.6 is 22.9 Å². The van der Waals surface area contributed by atoms with E-state index in [1.165, 1.54) is 0 Å². The highest BCUT2D eigenvalue weighted by molar-refractivity contribution is 7.09. The van der Waals surface area contributed by atoms with Gasteiger partial charge in [0, 0.05) is 23.8 Å². The lowest BCUT2D eigenvalue weighted by atomic mass is 10.2. The minimum absolute atomic E-state index is 0.00890. The van der Waals surface area contributed by atoms with Crippen LogP contribution in [-0.2, 0) is 0 Å². The van der Waals surface area contributed by atoms with Crippen LogP contribution in [0, 0.1) is 6.92 Å². The Bertz CT molecular complexity index is 667. The maximum Gasteiger partial charge on any atom is 0.0986 e. The number of hydrogen-bond donors (Lipinski definition) is 0. The first-order valence-corrected chi connectivity index (χ1v) is 7.96. The molecule has 1 aliphatic heterocycles. The van der Waals surface area contributed by atoms with Crippen molar-refractivity contribution in [2.24, 2.45) is 10.3 Å². The second-order valence-electron chi connectivity index (χ2n) is 4.61. The third-order valence-electron chi connectivity index (χ3n) is 3.29. The summed E-state index contributed by atoms with van der Waals surface area (Å²) in [4.78, 5) is 9.52. The molecule has 108 valence electrons. The summed E-state index contributed by atoms with van der Waals surface area (Å²) in [6, 6.07) is 3.87. The van der Waals surface area contributed by atoms with Gasteiger partial charge in [-0.3, -0.25) is 9.99 Å². The Morgan fingerprint density at radius 1 is 1.48 bits per heavy atom. The molecule has 0 bridgehead atoms. The van der Waals surface area contributed by atoms with Crippen LogP contribution in [0.4, 0.5) is 0 Å². The summed E-state index contributed by atoms with van der Waals surface area (Å²) in [6.07, 6.45) is 5.57. The van der Waals surface area contributed by atoms with Crippen LogP contribution in [-0.4, -0.2) is 27.4 Å².